The van der Waals surface area contributed by atoms with Crippen molar-refractivity contribution in [2.45, 2.75) is 39.8 Å². The number of carbonyl (C=O) groups is 1. The number of benzene rings is 1. The minimum absolute atomic E-state index is 0.0992. The van der Waals surface area contributed by atoms with E-state index in [-0.39, 0.29) is 12.1 Å². The lowest BCUT2D eigenvalue weighted by atomic mass is 10.1. The van der Waals surface area contributed by atoms with Gasteiger partial charge in [-0.15, -0.1) is 0 Å². The zero-order valence-electron chi connectivity index (χ0n) is 11.7. The Morgan fingerprint density at radius 3 is 2.68 bits per heavy atom. The first kappa shape index (κ1) is 13.4. The highest BCUT2D eigenvalue weighted by Crippen LogP contribution is 2.23. The number of nitrogens with one attached hydrogen (secondary N) is 1. The van der Waals surface area contributed by atoms with E-state index in [1.54, 1.807) is 4.57 Å². The largest absolute Gasteiger partial charge is 0.480 e. The first-order chi connectivity index (χ1) is 8.76. The number of hydrogen-bond acceptors (Lipinski definition) is 3. The second kappa shape index (κ2) is 4.57. The Balaban J connectivity index is 2.57. The van der Waals surface area contributed by atoms with Gasteiger partial charge in [0.15, 0.2) is 0 Å². The van der Waals surface area contributed by atoms with Crippen LogP contribution in [0, 0.1) is 6.92 Å². The number of aliphatic carboxylic acids is 1. The zero-order chi connectivity index (χ0) is 14.2. The topological polar surface area (TPSA) is 67.2 Å². The van der Waals surface area contributed by atoms with E-state index in [0.29, 0.717) is 5.95 Å². The molecule has 1 aromatic heterocycles. The molecule has 0 saturated heterocycles. The summed E-state index contributed by atoms with van der Waals surface area (Å²) in [6.45, 7) is 7.94. The maximum absolute atomic E-state index is 11.0. The Bertz CT molecular complexity index is 623. The molecule has 0 radical (unpaired) electrons. The van der Waals surface area contributed by atoms with Gasteiger partial charge in [0.1, 0.15) is 6.54 Å². The summed E-state index contributed by atoms with van der Waals surface area (Å²) in [6.07, 6.45) is 0. The van der Waals surface area contributed by atoms with Gasteiger partial charge in [0.2, 0.25) is 5.95 Å². The first-order valence-electron chi connectivity index (χ1n) is 6.23. The van der Waals surface area contributed by atoms with Gasteiger partial charge in [-0.25, -0.2) is 4.98 Å². The molecule has 0 amide bonds. The molecule has 5 heteroatoms. The molecule has 0 bridgehead atoms. The number of fused-ring (bicyclic) bond motifs is 1. The smallest absolute Gasteiger partial charge is 0.323 e. The van der Waals surface area contributed by atoms with Crippen molar-refractivity contribution in [3.63, 3.8) is 0 Å². The Morgan fingerprint density at radius 1 is 1.42 bits per heavy atom. The molecule has 0 saturated carbocycles. The molecule has 0 aliphatic rings. The molecule has 19 heavy (non-hydrogen) atoms. The van der Waals surface area contributed by atoms with E-state index in [0.717, 1.165) is 16.6 Å². The average molecular weight is 261 g/mol. The van der Waals surface area contributed by atoms with Gasteiger partial charge in [-0.3, -0.25) is 9.36 Å². The number of imidazole rings is 1. The number of nitrogens with zero attached hydrogens (tertiary/aromatic N) is 2. The number of aryl methyl sites for hydroxylation is 1. The predicted octanol–water partition coefficient (Wildman–Crippen LogP) is 2.64. The number of carboxylic acids is 1. The molecule has 1 aromatic carbocycles. The summed E-state index contributed by atoms with van der Waals surface area (Å²) >= 11 is 0. The van der Waals surface area contributed by atoms with Crippen LogP contribution in [0.1, 0.15) is 26.3 Å². The van der Waals surface area contributed by atoms with Crippen molar-refractivity contribution >= 4 is 23.0 Å². The Labute approximate surface area is 112 Å². The Hall–Kier alpha value is -2.04. The van der Waals surface area contributed by atoms with E-state index in [1.807, 2.05) is 45.9 Å². The molecule has 0 fully saturated rings. The van der Waals surface area contributed by atoms with E-state index in [9.17, 15) is 4.79 Å². The third-order valence-electron chi connectivity index (χ3n) is 2.68. The molecular weight excluding hydrogens is 242 g/mol. The second-order valence-corrected chi connectivity index (χ2v) is 5.78. The quantitative estimate of drug-likeness (QED) is 0.891. The highest BCUT2D eigenvalue weighted by Gasteiger charge is 2.18. The van der Waals surface area contributed by atoms with E-state index < -0.39 is 5.97 Å². The average Bonchev–Trinajstić information content (AvgIpc) is 2.52. The van der Waals surface area contributed by atoms with Gasteiger partial charge in [-0.05, 0) is 45.4 Å². The van der Waals surface area contributed by atoms with Gasteiger partial charge >= 0.3 is 5.97 Å². The van der Waals surface area contributed by atoms with Gasteiger partial charge in [0, 0.05) is 5.54 Å². The fourth-order valence-corrected chi connectivity index (χ4v) is 1.97. The van der Waals surface area contributed by atoms with Gasteiger partial charge < -0.3 is 10.4 Å². The monoisotopic (exact) mass is 261 g/mol. The van der Waals surface area contributed by atoms with Crippen LogP contribution in [0.25, 0.3) is 11.0 Å². The summed E-state index contributed by atoms with van der Waals surface area (Å²) in [5.41, 5.74) is 2.58. The molecule has 0 aliphatic heterocycles. The van der Waals surface area contributed by atoms with Crippen LogP contribution < -0.4 is 5.32 Å². The van der Waals surface area contributed by atoms with Crippen LogP contribution in [-0.4, -0.2) is 26.2 Å². The first-order valence-corrected chi connectivity index (χ1v) is 6.23. The molecule has 1 heterocycles. The lowest BCUT2D eigenvalue weighted by molar-refractivity contribution is -0.137. The SMILES string of the molecule is Cc1ccc2c(c1)nc(NC(C)(C)C)n2CC(=O)O. The van der Waals surface area contributed by atoms with Crippen molar-refractivity contribution < 1.29 is 9.90 Å². The Kier molecular flexibility index (Phi) is 3.22. The number of hydrogen-bond donors (Lipinski definition) is 2. The van der Waals surface area contributed by atoms with Crippen molar-refractivity contribution in [3.05, 3.63) is 23.8 Å². The normalized spacial score (nSPS) is 11.8. The molecule has 102 valence electrons. The van der Waals surface area contributed by atoms with Crippen LogP contribution >= 0.6 is 0 Å². The fraction of sp³-hybridized carbons (Fsp3) is 0.429. The van der Waals surface area contributed by atoms with E-state index in [2.05, 4.69) is 10.3 Å². The fourth-order valence-electron chi connectivity index (χ4n) is 1.97. The standard InChI is InChI=1S/C14H19N3O2/c1-9-5-6-11-10(7-9)15-13(16-14(2,3)4)17(11)8-12(18)19/h5-7H,8H2,1-4H3,(H,15,16)(H,18,19). The van der Waals surface area contributed by atoms with E-state index in [4.69, 9.17) is 5.11 Å². The minimum atomic E-state index is -0.878. The molecule has 2 rings (SSSR count). The molecule has 2 N–H and O–H groups in total. The molecule has 2 aromatic rings. The maximum Gasteiger partial charge on any atom is 0.323 e. The highest BCUT2D eigenvalue weighted by molar-refractivity contribution is 5.81. The third kappa shape index (κ3) is 3.05. The van der Waals surface area contributed by atoms with Gasteiger partial charge in [-0.2, -0.15) is 0 Å². The Morgan fingerprint density at radius 2 is 2.11 bits per heavy atom. The van der Waals surface area contributed by atoms with Crippen molar-refractivity contribution in [2.75, 3.05) is 5.32 Å². The number of aromatic nitrogens is 2. The molecule has 0 atom stereocenters. The maximum atomic E-state index is 11.0. The summed E-state index contributed by atoms with van der Waals surface area (Å²) in [6, 6.07) is 5.83. The molecular formula is C14H19N3O2. The van der Waals surface area contributed by atoms with Crippen LogP contribution in [0.15, 0.2) is 18.2 Å². The van der Waals surface area contributed by atoms with Crippen LogP contribution in [0.3, 0.4) is 0 Å². The summed E-state index contributed by atoms with van der Waals surface area (Å²) in [7, 11) is 0. The molecule has 0 unspecified atom stereocenters. The van der Waals surface area contributed by atoms with Crippen molar-refractivity contribution in [3.8, 4) is 0 Å². The lowest BCUT2D eigenvalue weighted by Crippen LogP contribution is -2.28. The number of rotatable bonds is 3. The second-order valence-electron chi connectivity index (χ2n) is 5.78. The lowest BCUT2D eigenvalue weighted by Gasteiger charge is -2.21. The highest BCUT2D eigenvalue weighted by atomic mass is 16.4. The van der Waals surface area contributed by atoms with Gasteiger partial charge in [-0.1, -0.05) is 6.07 Å². The van der Waals surface area contributed by atoms with Crippen LogP contribution in [-0.2, 0) is 11.3 Å². The van der Waals surface area contributed by atoms with Crippen LogP contribution in [0.4, 0.5) is 5.95 Å². The summed E-state index contributed by atoms with van der Waals surface area (Å²) in [5.74, 6) is -0.285. The summed E-state index contributed by atoms with van der Waals surface area (Å²) in [5, 5.41) is 12.3. The van der Waals surface area contributed by atoms with Gasteiger partial charge in [0.25, 0.3) is 0 Å². The molecule has 0 spiro atoms. The van der Waals surface area contributed by atoms with Crippen molar-refractivity contribution in [1.82, 2.24) is 9.55 Å². The van der Waals surface area contributed by atoms with Crippen LogP contribution in [0.5, 0.6) is 0 Å². The predicted molar refractivity (Wildman–Crippen MR) is 75.5 cm³/mol. The van der Waals surface area contributed by atoms with Crippen LogP contribution in [0.2, 0.25) is 0 Å². The van der Waals surface area contributed by atoms with E-state index >= 15 is 0 Å². The van der Waals surface area contributed by atoms with Gasteiger partial charge in [0.05, 0.1) is 11.0 Å². The third-order valence-corrected chi connectivity index (χ3v) is 2.68. The van der Waals surface area contributed by atoms with Crippen molar-refractivity contribution in [1.29, 1.82) is 0 Å². The minimum Gasteiger partial charge on any atom is -0.480 e. The molecule has 0 aliphatic carbocycles. The summed E-state index contributed by atoms with van der Waals surface area (Å²) in [4.78, 5) is 15.5. The number of anilines is 1. The number of carboxylic acid groups (broad SMARTS) is 1. The summed E-state index contributed by atoms with van der Waals surface area (Å²) < 4.78 is 1.70. The zero-order valence-corrected chi connectivity index (χ0v) is 11.7. The molecule has 5 nitrogen and oxygen atoms in total. The van der Waals surface area contributed by atoms with E-state index in [1.165, 1.54) is 0 Å². The van der Waals surface area contributed by atoms with Crippen molar-refractivity contribution in [2.24, 2.45) is 0 Å².